The van der Waals surface area contributed by atoms with Crippen molar-refractivity contribution in [1.29, 1.82) is 0 Å². The van der Waals surface area contributed by atoms with Crippen LogP contribution in [-0.4, -0.2) is 47.4 Å². The number of benzene rings is 1. The average molecular weight is 437 g/mol. The number of ether oxygens (including phenoxy) is 1. The van der Waals surface area contributed by atoms with Crippen LogP contribution in [0.3, 0.4) is 0 Å². The number of hydrogen-bond donors (Lipinski definition) is 0. The Morgan fingerprint density at radius 3 is 2.58 bits per heavy atom. The first-order chi connectivity index (χ1) is 14.7. The summed E-state index contributed by atoms with van der Waals surface area (Å²) in [5.41, 5.74) is -0.325. The highest BCUT2D eigenvalue weighted by Gasteiger charge is 2.39. The lowest BCUT2D eigenvalue weighted by Gasteiger charge is -2.21. The van der Waals surface area contributed by atoms with Crippen molar-refractivity contribution in [2.45, 2.75) is 25.1 Å². The average Bonchev–Trinajstić information content (AvgIpc) is 3.34. The summed E-state index contributed by atoms with van der Waals surface area (Å²) in [6.45, 7) is 0.780. The van der Waals surface area contributed by atoms with Gasteiger partial charge in [-0.25, -0.2) is 9.37 Å². The second-order valence-corrected chi connectivity index (χ2v) is 7.58. The third-order valence-corrected chi connectivity index (χ3v) is 5.42. The Kier molecular flexibility index (Phi) is 5.55. The van der Waals surface area contributed by atoms with Gasteiger partial charge in [-0.15, -0.1) is 0 Å². The molecule has 1 aromatic heterocycles. The number of pyridine rings is 1. The third-order valence-electron chi connectivity index (χ3n) is 5.42. The minimum Gasteiger partial charge on any atom is -0.472 e. The normalized spacial score (nSPS) is 21.6. The molecule has 10 heteroatoms. The van der Waals surface area contributed by atoms with Crippen LogP contribution >= 0.6 is 0 Å². The molecule has 2 amide bonds. The smallest absolute Gasteiger partial charge is 0.416 e. The first-order valence-electron chi connectivity index (χ1n) is 9.75. The summed E-state index contributed by atoms with van der Waals surface area (Å²) in [6.07, 6.45) is -3.45. The van der Waals surface area contributed by atoms with Gasteiger partial charge >= 0.3 is 6.18 Å². The van der Waals surface area contributed by atoms with E-state index in [1.54, 1.807) is 4.90 Å². The van der Waals surface area contributed by atoms with Crippen molar-refractivity contribution in [3.63, 3.8) is 0 Å². The van der Waals surface area contributed by atoms with Crippen molar-refractivity contribution < 1.29 is 31.9 Å². The van der Waals surface area contributed by atoms with Crippen molar-refractivity contribution in [2.24, 2.45) is 5.92 Å². The predicted octanol–water partition coefficient (Wildman–Crippen LogP) is 3.27. The molecule has 164 valence electrons. The van der Waals surface area contributed by atoms with E-state index in [-0.39, 0.29) is 37.2 Å². The van der Waals surface area contributed by atoms with Gasteiger partial charge in [0.15, 0.2) is 0 Å². The van der Waals surface area contributed by atoms with E-state index < -0.39 is 29.6 Å². The molecule has 0 bridgehead atoms. The van der Waals surface area contributed by atoms with Gasteiger partial charge in [-0.2, -0.15) is 13.2 Å². The summed E-state index contributed by atoms with van der Waals surface area (Å²) in [6, 6.07) is 7.18. The van der Waals surface area contributed by atoms with Gasteiger partial charge in [-0.3, -0.25) is 9.59 Å². The van der Waals surface area contributed by atoms with Crippen molar-refractivity contribution >= 4 is 17.5 Å². The van der Waals surface area contributed by atoms with Crippen LogP contribution in [-0.2, 0) is 15.8 Å². The Morgan fingerprint density at radius 2 is 1.87 bits per heavy atom. The SMILES string of the molecule is O=C(C1CC(=O)N(c2ccc(F)cc2)C1)N1CCC(Oc2cc(C(F)(F)F)ccn2)C1. The molecule has 2 aromatic rings. The molecule has 0 N–H and O–H groups in total. The van der Waals surface area contributed by atoms with Crippen LogP contribution in [0.2, 0.25) is 0 Å². The number of carbonyl (C=O) groups is 2. The Bertz CT molecular complexity index is 981. The predicted molar refractivity (Wildman–Crippen MR) is 102 cm³/mol. The highest BCUT2D eigenvalue weighted by molar-refractivity contribution is 6.00. The molecule has 0 aliphatic carbocycles. The van der Waals surface area contributed by atoms with Crippen LogP contribution in [0.15, 0.2) is 42.6 Å². The third kappa shape index (κ3) is 4.62. The molecule has 6 nitrogen and oxygen atoms in total. The van der Waals surface area contributed by atoms with Crippen LogP contribution < -0.4 is 9.64 Å². The topological polar surface area (TPSA) is 62.7 Å². The zero-order valence-electron chi connectivity index (χ0n) is 16.3. The van der Waals surface area contributed by atoms with E-state index in [0.717, 1.165) is 18.3 Å². The summed E-state index contributed by atoms with van der Waals surface area (Å²) in [5, 5.41) is 0. The fourth-order valence-corrected chi connectivity index (χ4v) is 3.85. The van der Waals surface area contributed by atoms with E-state index in [1.165, 1.54) is 29.2 Å². The van der Waals surface area contributed by atoms with Gasteiger partial charge in [0.25, 0.3) is 0 Å². The quantitative estimate of drug-likeness (QED) is 0.689. The maximum atomic E-state index is 13.1. The van der Waals surface area contributed by atoms with Crippen LogP contribution in [0.1, 0.15) is 18.4 Å². The number of amides is 2. The number of aromatic nitrogens is 1. The fourth-order valence-electron chi connectivity index (χ4n) is 3.85. The molecule has 2 aliphatic heterocycles. The van der Waals surface area contributed by atoms with Gasteiger partial charge < -0.3 is 14.5 Å². The summed E-state index contributed by atoms with van der Waals surface area (Å²) in [7, 11) is 0. The zero-order valence-corrected chi connectivity index (χ0v) is 16.3. The minimum absolute atomic E-state index is 0.0490. The number of carbonyl (C=O) groups excluding carboxylic acids is 2. The Balaban J connectivity index is 1.36. The Morgan fingerprint density at radius 1 is 1.13 bits per heavy atom. The highest BCUT2D eigenvalue weighted by Crippen LogP contribution is 2.31. The van der Waals surface area contributed by atoms with Gasteiger partial charge in [-0.05, 0) is 30.3 Å². The van der Waals surface area contributed by atoms with E-state index in [0.29, 0.717) is 18.7 Å². The number of anilines is 1. The van der Waals surface area contributed by atoms with E-state index in [2.05, 4.69) is 4.98 Å². The summed E-state index contributed by atoms with van der Waals surface area (Å²) < 4.78 is 57.2. The lowest BCUT2D eigenvalue weighted by Crippen LogP contribution is -2.37. The number of likely N-dealkylation sites (tertiary alicyclic amines) is 1. The van der Waals surface area contributed by atoms with Crippen LogP contribution in [0.5, 0.6) is 5.88 Å². The first-order valence-corrected chi connectivity index (χ1v) is 9.75. The van der Waals surface area contributed by atoms with E-state index in [9.17, 15) is 27.2 Å². The molecule has 2 aliphatic rings. The number of hydrogen-bond acceptors (Lipinski definition) is 4. The fraction of sp³-hybridized carbons (Fsp3) is 0.381. The van der Waals surface area contributed by atoms with Crippen LogP contribution in [0.4, 0.5) is 23.2 Å². The molecule has 1 aromatic carbocycles. The van der Waals surface area contributed by atoms with Crippen molar-refractivity contribution in [3.05, 3.63) is 54.0 Å². The van der Waals surface area contributed by atoms with Crippen molar-refractivity contribution in [1.82, 2.24) is 9.88 Å². The lowest BCUT2D eigenvalue weighted by molar-refractivity contribution is -0.137. The van der Waals surface area contributed by atoms with Gasteiger partial charge in [0.05, 0.1) is 18.0 Å². The second-order valence-electron chi connectivity index (χ2n) is 7.58. The number of halogens is 4. The molecule has 2 unspecified atom stereocenters. The molecule has 2 fully saturated rings. The number of rotatable bonds is 4. The number of alkyl halides is 3. The van der Waals surface area contributed by atoms with E-state index in [1.807, 2.05) is 0 Å². The first kappa shape index (κ1) is 21.1. The Labute approximate surface area is 175 Å². The number of nitrogens with zero attached hydrogens (tertiary/aromatic N) is 3. The summed E-state index contributed by atoms with van der Waals surface area (Å²) in [5.74, 6) is -1.52. The molecule has 2 atom stereocenters. The van der Waals surface area contributed by atoms with E-state index in [4.69, 9.17) is 4.74 Å². The van der Waals surface area contributed by atoms with Gasteiger partial charge in [-0.1, -0.05) is 0 Å². The van der Waals surface area contributed by atoms with Gasteiger partial charge in [0.2, 0.25) is 17.7 Å². The molecule has 0 saturated carbocycles. The lowest BCUT2D eigenvalue weighted by atomic mass is 10.1. The molecular weight excluding hydrogens is 418 g/mol. The van der Waals surface area contributed by atoms with Crippen molar-refractivity contribution in [3.8, 4) is 5.88 Å². The Hall–Kier alpha value is -3.17. The van der Waals surface area contributed by atoms with E-state index >= 15 is 0 Å². The molecule has 4 rings (SSSR count). The summed E-state index contributed by atoms with van der Waals surface area (Å²) >= 11 is 0. The van der Waals surface area contributed by atoms with Gasteiger partial charge in [0.1, 0.15) is 11.9 Å². The van der Waals surface area contributed by atoms with Crippen molar-refractivity contribution in [2.75, 3.05) is 24.5 Å². The standard InChI is InChI=1S/C21H19F4N3O3/c22-15-1-3-16(4-2-15)28-11-13(9-19(28)29)20(30)27-8-6-17(12-27)31-18-10-14(5-7-26-18)21(23,24)25/h1-5,7,10,13,17H,6,8-9,11-12H2. The summed E-state index contributed by atoms with van der Waals surface area (Å²) in [4.78, 5) is 32.1. The molecule has 31 heavy (non-hydrogen) atoms. The monoisotopic (exact) mass is 437 g/mol. The maximum absolute atomic E-state index is 13.1. The molecule has 0 spiro atoms. The second kappa shape index (κ2) is 8.16. The molecule has 3 heterocycles. The maximum Gasteiger partial charge on any atom is 0.416 e. The molecule has 0 radical (unpaired) electrons. The highest BCUT2D eigenvalue weighted by atomic mass is 19.4. The van der Waals surface area contributed by atoms with Crippen LogP contribution in [0.25, 0.3) is 0 Å². The molecule has 2 saturated heterocycles. The zero-order chi connectivity index (χ0) is 22.2. The van der Waals surface area contributed by atoms with Crippen LogP contribution in [0, 0.1) is 11.7 Å². The minimum atomic E-state index is -4.50. The van der Waals surface area contributed by atoms with Gasteiger partial charge in [0, 0.05) is 43.9 Å². The largest absolute Gasteiger partial charge is 0.472 e. The molecular formula is C21H19F4N3O3.